The summed E-state index contributed by atoms with van der Waals surface area (Å²) >= 11 is 0. The number of carbonyl (C=O) groups excluding carboxylic acids is 1. The molecule has 1 aromatic rings. The number of benzene rings is 1. The maximum Gasteiger partial charge on any atom is 0.414 e. The highest BCUT2D eigenvalue weighted by Crippen LogP contribution is 2.39. The molecular weight excluding hydrogens is 431 g/mol. The number of aliphatic hydroxyl groups excluding tert-OH is 1. The van der Waals surface area contributed by atoms with Crippen molar-refractivity contribution in [2.75, 3.05) is 13.2 Å². The third-order valence-electron chi connectivity index (χ3n) is 5.34. The third kappa shape index (κ3) is 5.60. The van der Waals surface area contributed by atoms with Crippen LogP contribution in [0.25, 0.3) is 5.70 Å². The molecule has 0 spiro atoms. The number of allylic oxidation sites excluding steroid dienone is 1. The third-order valence-corrected chi connectivity index (χ3v) is 5.34. The van der Waals surface area contributed by atoms with Crippen molar-refractivity contribution >= 4 is 17.5 Å². The lowest BCUT2D eigenvalue weighted by Gasteiger charge is -2.38. The Balaban J connectivity index is 2.01. The van der Waals surface area contributed by atoms with Crippen LogP contribution in [0.4, 0.5) is 14.9 Å². The zero-order valence-electron chi connectivity index (χ0n) is 19.4. The molecule has 1 amide bonds. The molecule has 1 aliphatic heterocycles. The predicted molar refractivity (Wildman–Crippen MR) is 121 cm³/mol. The molecule has 0 bridgehead atoms. The first kappa shape index (κ1) is 24.4. The van der Waals surface area contributed by atoms with Crippen LogP contribution in [0, 0.1) is 15.5 Å². The van der Waals surface area contributed by atoms with E-state index in [9.17, 15) is 24.4 Å². The number of amides is 1. The number of hydrogen-bond donors (Lipinski definition) is 1. The molecule has 0 saturated heterocycles. The lowest BCUT2D eigenvalue weighted by molar-refractivity contribution is -0.384. The lowest BCUT2D eigenvalue weighted by atomic mass is 9.80. The van der Waals surface area contributed by atoms with Crippen molar-refractivity contribution in [3.05, 3.63) is 63.8 Å². The summed E-state index contributed by atoms with van der Waals surface area (Å²) in [6, 6.07) is 4.22. The number of alkyl halides is 1. The van der Waals surface area contributed by atoms with E-state index in [-0.39, 0.29) is 18.8 Å². The fraction of sp³-hybridized carbons (Fsp3) is 0.458. The van der Waals surface area contributed by atoms with Gasteiger partial charge in [-0.25, -0.2) is 9.18 Å². The molecule has 3 rings (SSSR count). The molecule has 0 radical (unpaired) electrons. The smallest absolute Gasteiger partial charge is 0.414 e. The number of non-ortho nitro benzene ring substituents is 1. The average molecular weight is 461 g/mol. The van der Waals surface area contributed by atoms with Crippen LogP contribution in [-0.4, -0.2) is 52.1 Å². The average Bonchev–Trinajstić information content (AvgIpc) is 2.71. The number of aliphatic hydroxyl groups is 1. The maximum absolute atomic E-state index is 13.7. The Morgan fingerprint density at radius 1 is 1.33 bits per heavy atom. The second kappa shape index (κ2) is 8.97. The number of halogens is 1. The summed E-state index contributed by atoms with van der Waals surface area (Å²) in [5, 5.41) is 21.1. The van der Waals surface area contributed by atoms with E-state index >= 15 is 0 Å². The van der Waals surface area contributed by atoms with E-state index in [2.05, 4.69) is 0 Å². The number of nitrogens with zero attached hydrogens (tertiary/aromatic N) is 2. The van der Waals surface area contributed by atoms with Gasteiger partial charge in [0.25, 0.3) is 5.69 Å². The molecule has 0 saturated carbocycles. The zero-order valence-corrected chi connectivity index (χ0v) is 19.4. The van der Waals surface area contributed by atoms with Crippen LogP contribution in [-0.2, 0) is 4.74 Å². The highest BCUT2D eigenvalue weighted by atomic mass is 19.1. The molecule has 33 heavy (non-hydrogen) atoms. The van der Waals surface area contributed by atoms with Crippen molar-refractivity contribution in [1.82, 2.24) is 4.90 Å². The number of nitro benzene ring substituents is 1. The van der Waals surface area contributed by atoms with E-state index in [1.165, 1.54) is 29.2 Å². The molecule has 2 atom stereocenters. The zero-order chi connectivity index (χ0) is 24.6. The monoisotopic (exact) mass is 460 g/mol. The van der Waals surface area contributed by atoms with Crippen molar-refractivity contribution in [2.24, 2.45) is 5.41 Å². The topological polar surface area (TPSA) is 102 Å². The van der Waals surface area contributed by atoms with Crippen LogP contribution in [0.3, 0.4) is 0 Å². The summed E-state index contributed by atoms with van der Waals surface area (Å²) in [6.07, 6.45) is 2.73. The van der Waals surface area contributed by atoms with Gasteiger partial charge in [-0.05, 0) is 50.6 Å². The Bertz CT molecular complexity index is 1040. The SMILES string of the molecule is CC(C)(C)OC(=O)N(CC(C)(C)C1=C[C@@H](O)[C@@H](F)C=C1)C1=CCOc2cc([N+](=O)[O-])ccc21. The quantitative estimate of drug-likeness (QED) is 0.501. The van der Waals surface area contributed by atoms with Gasteiger partial charge in [-0.3, -0.25) is 15.0 Å². The summed E-state index contributed by atoms with van der Waals surface area (Å²) in [4.78, 5) is 25.4. The Morgan fingerprint density at radius 2 is 2.03 bits per heavy atom. The van der Waals surface area contributed by atoms with Crippen LogP contribution >= 0.6 is 0 Å². The van der Waals surface area contributed by atoms with E-state index < -0.39 is 34.3 Å². The molecule has 0 fully saturated rings. The van der Waals surface area contributed by atoms with Crippen LogP contribution in [0.15, 0.2) is 48.1 Å². The van der Waals surface area contributed by atoms with Crippen molar-refractivity contribution in [3.8, 4) is 5.75 Å². The van der Waals surface area contributed by atoms with Gasteiger partial charge in [0.1, 0.15) is 30.2 Å². The van der Waals surface area contributed by atoms with Gasteiger partial charge in [0.05, 0.1) is 16.7 Å². The Labute approximate surface area is 192 Å². The van der Waals surface area contributed by atoms with E-state index in [0.29, 0.717) is 22.6 Å². The molecule has 9 heteroatoms. The number of fused-ring (bicyclic) bond motifs is 1. The Hall–Kier alpha value is -3.20. The molecular formula is C24H29FN2O6. The molecule has 1 aromatic carbocycles. The highest BCUT2D eigenvalue weighted by molar-refractivity contribution is 5.85. The number of rotatable bonds is 5. The minimum atomic E-state index is -1.48. The fourth-order valence-corrected chi connectivity index (χ4v) is 3.68. The first-order valence-corrected chi connectivity index (χ1v) is 10.6. The van der Waals surface area contributed by atoms with E-state index in [1.807, 2.05) is 13.8 Å². The van der Waals surface area contributed by atoms with Crippen LogP contribution < -0.4 is 4.74 Å². The summed E-state index contributed by atoms with van der Waals surface area (Å²) < 4.78 is 25.0. The molecule has 178 valence electrons. The van der Waals surface area contributed by atoms with Crippen molar-refractivity contribution in [1.29, 1.82) is 0 Å². The van der Waals surface area contributed by atoms with Crippen LogP contribution in [0.2, 0.25) is 0 Å². The van der Waals surface area contributed by atoms with Gasteiger partial charge in [0, 0.05) is 23.6 Å². The standard InChI is InChI=1S/C24H29FN2O6/c1-23(2,3)33-22(29)26(14-24(4,5)15-6-9-18(25)20(28)12-15)19-10-11-32-21-13-16(27(30)31)7-8-17(19)21/h6-10,12-13,18,20,28H,11,14H2,1-5H3/t18-,20+/m0/s1. The predicted octanol–water partition coefficient (Wildman–Crippen LogP) is 4.79. The van der Waals surface area contributed by atoms with Gasteiger partial charge in [-0.1, -0.05) is 19.9 Å². The van der Waals surface area contributed by atoms with Gasteiger partial charge in [-0.15, -0.1) is 0 Å². The number of ether oxygens (including phenoxy) is 2. The summed E-state index contributed by atoms with van der Waals surface area (Å²) in [7, 11) is 0. The molecule has 2 aliphatic rings. The molecule has 0 unspecified atom stereocenters. The molecule has 0 aromatic heterocycles. The second-order valence-electron chi connectivity index (χ2n) is 9.70. The molecule has 8 nitrogen and oxygen atoms in total. The van der Waals surface area contributed by atoms with E-state index in [4.69, 9.17) is 9.47 Å². The summed E-state index contributed by atoms with van der Waals surface area (Å²) in [5.41, 5.74) is 0.128. The molecule has 1 N–H and O–H groups in total. The normalized spacial score (nSPS) is 20.2. The first-order valence-electron chi connectivity index (χ1n) is 10.6. The van der Waals surface area contributed by atoms with Crippen molar-refractivity contribution < 1.29 is 28.7 Å². The van der Waals surface area contributed by atoms with Gasteiger partial charge in [-0.2, -0.15) is 0 Å². The van der Waals surface area contributed by atoms with E-state index in [1.54, 1.807) is 39.0 Å². The van der Waals surface area contributed by atoms with Gasteiger partial charge in [0.2, 0.25) is 0 Å². The number of carbonyl (C=O) groups is 1. The van der Waals surface area contributed by atoms with Gasteiger partial charge in [0.15, 0.2) is 0 Å². The maximum atomic E-state index is 13.7. The Morgan fingerprint density at radius 3 is 2.64 bits per heavy atom. The minimum Gasteiger partial charge on any atom is -0.488 e. The largest absolute Gasteiger partial charge is 0.488 e. The minimum absolute atomic E-state index is 0.119. The lowest BCUT2D eigenvalue weighted by Crippen LogP contribution is -2.42. The summed E-state index contributed by atoms with van der Waals surface area (Å²) in [5.74, 6) is 0.292. The molecule has 1 heterocycles. The fourth-order valence-electron chi connectivity index (χ4n) is 3.68. The van der Waals surface area contributed by atoms with Crippen molar-refractivity contribution in [3.63, 3.8) is 0 Å². The van der Waals surface area contributed by atoms with Crippen LogP contribution in [0.5, 0.6) is 5.75 Å². The summed E-state index contributed by atoms with van der Waals surface area (Å²) in [6.45, 7) is 9.29. The van der Waals surface area contributed by atoms with E-state index in [0.717, 1.165) is 0 Å². The number of nitro groups is 1. The number of hydrogen-bond acceptors (Lipinski definition) is 6. The first-order chi connectivity index (χ1) is 15.3. The van der Waals surface area contributed by atoms with Crippen LogP contribution in [0.1, 0.15) is 40.2 Å². The van der Waals surface area contributed by atoms with Gasteiger partial charge < -0.3 is 14.6 Å². The van der Waals surface area contributed by atoms with Gasteiger partial charge >= 0.3 is 6.09 Å². The molecule has 1 aliphatic carbocycles. The van der Waals surface area contributed by atoms with Crippen molar-refractivity contribution in [2.45, 2.75) is 52.5 Å². The highest BCUT2D eigenvalue weighted by Gasteiger charge is 2.36. The second-order valence-corrected chi connectivity index (χ2v) is 9.70. The Kier molecular flexibility index (Phi) is 6.65.